The first-order valence-corrected chi connectivity index (χ1v) is 11.1. The normalized spacial score (nSPS) is 14.6. The Labute approximate surface area is 185 Å². The van der Waals surface area contributed by atoms with E-state index < -0.39 is 11.9 Å². The number of carbonyl (C=O) groups excluding carboxylic acids is 4. The van der Waals surface area contributed by atoms with E-state index in [0.29, 0.717) is 35.9 Å². The van der Waals surface area contributed by atoms with Crippen LogP contribution in [0.5, 0.6) is 5.75 Å². The van der Waals surface area contributed by atoms with Crippen molar-refractivity contribution < 1.29 is 33.4 Å². The maximum Gasteiger partial charge on any atom is 0.333 e. The molecule has 1 saturated heterocycles. The number of ether oxygens (including phenoxy) is 3. The molecule has 1 aliphatic rings. The number of nitrogens with zero attached hydrogens (tertiary/aromatic N) is 1. The summed E-state index contributed by atoms with van der Waals surface area (Å²) in [5.41, 5.74) is 0.520. The van der Waals surface area contributed by atoms with Gasteiger partial charge in [-0.15, -0.1) is 0 Å². The smallest absolute Gasteiger partial charge is 0.333 e. The zero-order valence-electron chi connectivity index (χ0n) is 17.8. The SMILES string of the molecule is CCCOc1ccc(C(=O)CCC(=O)OCCCN2C(=O)CS/C2=C\C(=O)OC)cc1. The number of esters is 2. The fourth-order valence-corrected chi connectivity index (χ4v) is 3.68. The number of amides is 1. The van der Waals surface area contributed by atoms with Crippen LogP contribution in [-0.2, 0) is 23.9 Å². The average molecular weight is 450 g/mol. The van der Waals surface area contributed by atoms with E-state index in [2.05, 4.69) is 4.74 Å². The predicted molar refractivity (Wildman–Crippen MR) is 116 cm³/mol. The third-order valence-electron chi connectivity index (χ3n) is 4.35. The summed E-state index contributed by atoms with van der Waals surface area (Å²) in [5, 5.41) is 0.528. The molecule has 0 bridgehead atoms. The van der Waals surface area contributed by atoms with Gasteiger partial charge >= 0.3 is 11.9 Å². The van der Waals surface area contributed by atoms with Gasteiger partial charge in [0.05, 0.1) is 43.6 Å². The summed E-state index contributed by atoms with van der Waals surface area (Å²) >= 11 is 1.26. The first kappa shape index (κ1) is 24.5. The highest BCUT2D eigenvalue weighted by molar-refractivity contribution is 8.04. The Morgan fingerprint density at radius 2 is 1.87 bits per heavy atom. The minimum Gasteiger partial charge on any atom is -0.494 e. The third-order valence-corrected chi connectivity index (χ3v) is 5.37. The molecule has 0 aromatic heterocycles. The molecule has 1 aromatic carbocycles. The van der Waals surface area contributed by atoms with Gasteiger partial charge in [0.2, 0.25) is 5.91 Å². The van der Waals surface area contributed by atoms with Gasteiger partial charge in [-0.2, -0.15) is 0 Å². The molecular formula is C22H27NO7S. The number of thioether (sulfide) groups is 1. The van der Waals surface area contributed by atoms with E-state index in [4.69, 9.17) is 9.47 Å². The Morgan fingerprint density at radius 1 is 1.13 bits per heavy atom. The van der Waals surface area contributed by atoms with Crippen molar-refractivity contribution in [3.8, 4) is 5.75 Å². The van der Waals surface area contributed by atoms with Crippen molar-refractivity contribution in [3.05, 3.63) is 40.9 Å². The summed E-state index contributed by atoms with van der Waals surface area (Å²) in [7, 11) is 1.27. The molecule has 0 atom stereocenters. The third kappa shape index (κ3) is 8.09. The highest BCUT2D eigenvalue weighted by atomic mass is 32.2. The number of rotatable bonds is 12. The lowest BCUT2D eigenvalue weighted by molar-refractivity contribution is -0.143. The number of hydrogen-bond acceptors (Lipinski definition) is 8. The van der Waals surface area contributed by atoms with Crippen molar-refractivity contribution in [2.24, 2.45) is 0 Å². The van der Waals surface area contributed by atoms with Gasteiger partial charge in [0, 0.05) is 18.5 Å². The van der Waals surface area contributed by atoms with Crippen molar-refractivity contribution in [2.45, 2.75) is 32.6 Å². The van der Waals surface area contributed by atoms with E-state index in [1.54, 1.807) is 24.3 Å². The van der Waals surface area contributed by atoms with Gasteiger partial charge in [-0.25, -0.2) is 4.79 Å². The van der Waals surface area contributed by atoms with Gasteiger partial charge in [0.1, 0.15) is 5.75 Å². The topological polar surface area (TPSA) is 99.2 Å². The Hall–Kier alpha value is -2.81. The number of ketones is 1. The van der Waals surface area contributed by atoms with Crippen LogP contribution >= 0.6 is 11.8 Å². The lowest BCUT2D eigenvalue weighted by Gasteiger charge is -2.16. The summed E-state index contributed by atoms with van der Waals surface area (Å²) in [6.07, 6.45) is 2.64. The van der Waals surface area contributed by atoms with Crippen LogP contribution in [0, 0.1) is 0 Å². The molecule has 31 heavy (non-hydrogen) atoms. The Bertz CT molecular complexity index is 820. The fourth-order valence-electron chi connectivity index (χ4n) is 2.73. The van der Waals surface area contributed by atoms with Crippen LogP contribution in [0.15, 0.2) is 35.4 Å². The summed E-state index contributed by atoms with van der Waals surface area (Å²) < 4.78 is 15.2. The van der Waals surface area contributed by atoms with E-state index in [-0.39, 0.29) is 36.9 Å². The van der Waals surface area contributed by atoms with E-state index in [1.165, 1.54) is 29.8 Å². The van der Waals surface area contributed by atoms with Gasteiger partial charge in [0.15, 0.2) is 5.78 Å². The number of benzene rings is 1. The monoisotopic (exact) mass is 449 g/mol. The van der Waals surface area contributed by atoms with Crippen molar-refractivity contribution in [3.63, 3.8) is 0 Å². The molecule has 0 N–H and O–H groups in total. The molecule has 1 heterocycles. The predicted octanol–water partition coefficient (Wildman–Crippen LogP) is 2.96. The molecule has 1 amide bonds. The molecule has 0 spiro atoms. The minimum atomic E-state index is -0.526. The molecule has 9 heteroatoms. The molecule has 1 aliphatic heterocycles. The Kier molecular flexibility index (Phi) is 10.1. The zero-order chi connectivity index (χ0) is 22.6. The van der Waals surface area contributed by atoms with Crippen molar-refractivity contribution in [1.29, 1.82) is 0 Å². The van der Waals surface area contributed by atoms with E-state index in [1.807, 2.05) is 6.92 Å². The molecule has 168 valence electrons. The Morgan fingerprint density at radius 3 is 2.55 bits per heavy atom. The van der Waals surface area contributed by atoms with Crippen molar-refractivity contribution in [1.82, 2.24) is 4.90 Å². The molecular weight excluding hydrogens is 422 g/mol. The number of Topliss-reactive ketones (excluding diaryl/α,β-unsaturated/α-hetero) is 1. The highest BCUT2D eigenvalue weighted by Crippen LogP contribution is 2.28. The van der Waals surface area contributed by atoms with Crippen LogP contribution in [0.1, 0.15) is 43.0 Å². The zero-order valence-corrected chi connectivity index (χ0v) is 18.6. The molecule has 0 aliphatic carbocycles. The van der Waals surface area contributed by atoms with Gasteiger partial charge in [-0.1, -0.05) is 18.7 Å². The number of carbonyl (C=O) groups is 4. The van der Waals surface area contributed by atoms with E-state index >= 15 is 0 Å². The van der Waals surface area contributed by atoms with Crippen LogP contribution in [0.4, 0.5) is 0 Å². The lowest BCUT2D eigenvalue weighted by Crippen LogP contribution is -2.27. The molecule has 1 fully saturated rings. The molecule has 0 radical (unpaired) electrons. The van der Waals surface area contributed by atoms with Crippen LogP contribution in [0.3, 0.4) is 0 Å². The summed E-state index contributed by atoms with van der Waals surface area (Å²) in [6.45, 7) is 3.08. The summed E-state index contributed by atoms with van der Waals surface area (Å²) in [6, 6.07) is 6.84. The fraction of sp³-hybridized carbons (Fsp3) is 0.455. The van der Waals surface area contributed by atoms with Crippen LogP contribution in [-0.4, -0.2) is 61.2 Å². The largest absolute Gasteiger partial charge is 0.494 e. The molecule has 1 aromatic rings. The first-order chi connectivity index (χ1) is 14.9. The summed E-state index contributed by atoms with van der Waals surface area (Å²) in [5.74, 6) is -0.280. The number of hydrogen-bond donors (Lipinski definition) is 0. The van der Waals surface area contributed by atoms with E-state index in [0.717, 1.165) is 6.42 Å². The lowest BCUT2D eigenvalue weighted by atomic mass is 10.1. The second-order valence-corrected chi connectivity index (χ2v) is 7.71. The molecule has 0 saturated carbocycles. The van der Waals surface area contributed by atoms with Gasteiger partial charge in [-0.3, -0.25) is 14.4 Å². The van der Waals surface area contributed by atoms with Crippen molar-refractivity contribution in [2.75, 3.05) is 32.6 Å². The molecule has 8 nitrogen and oxygen atoms in total. The summed E-state index contributed by atoms with van der Waals surface area (Å²) in [4.78, 5) is 48.9. The minimum absolute atomic E-state index is 0.0150. The van der Waals surface area contributed by atoms with E-state index in [9.17, 15) is 19.2 Å². The van der Waals surface area contributed by atoms with Gasteiger partial charge in [0.25, 0.3) is 0 Å². The Balaban J connectivity index is 1.68. The second kappa shape index (κ2) is 12.8. The van der Waals surface area contributed by atoms with Crippen LogP contribution in [0.25, 0.3) is 0 Å². The molecule has 2 rings (SSSR count). The van der Waals surface area contributed by atoms with Crippen LogP contribution in [0.2, 0.25) is 0 Å². The van der Waals surface area contributed by atoms with Gasteiger partial charge < -0.3 is 19.1 Å². The number of methoxy groups -OCH3 is 1. The first-order valence-electron chi connectivity index (χ1n) is 10.1. The second-order valence-electron chi connectivity index (χ2n) is 6.71. The van der Waals surface area contributed by atoms with Crippen LogP contribution < -0.4 is 4.74 Å². The molecule has 0 unspecified atom stereocenters. The van der Waals surface area contributed by atoms with Crippen molar-refractivity contribution >= 4 is 35.4 Å². The highest BCUT2D eigenvalue weighted by Gasteiger charge is 2.27. The standard InChI is InChI=1S/C22H27NO7S/c1-3-12-29-17-7-5-16(6-8-17)18(24)9-10-21(26)30-13-4-11-23-19(25)15-31-20(23)14-22(27)28-2/h5-8,14H,3-4,9-13,15H2,1-2H3/b20-14-. The quantitative estimate of drug-likeness (QED) is 0.208. The van der Waals surface area contributed by atoms with Gasteiger partial charge in [-0.05, 0) is 37.1 Å². The average Bonchev–Trinajstić information content (AvgIpc) is 3.12. The maximum atomic E-state index is 12.2. The maximum absolute atomic E-state index is 12.2.